The first-order valence-electron chi connectivity index (χ1n) is 5.39. The molecule has 0 atom stereocenters. The molecule has 0 bridgehead atoms. The molecular weight excluding hydrogens is 220 g/mol. The van der Waals surface area contributed by atoms with Crippen LogP contribution in [0.5, 0.6) is 0 Å². The first-order chi connectivity index (χ1) is 7.75. The molecule has 1 heterocycles. The number of aryl methyl sites for hydroxylation is 2. The third-order valence-electron chi connectivity index (χ3n) is 2.78. The van der Waals surface area contributed by atoms with E-state index in [-0.39, 0.29) is 0 Å². The number of para-hydroxylation sites is 2. The highest BCUT2D eigenvalue weighted by Crippen LogP contribution is 2.16. The molecule has 0 amide bonds. The van der Waals surface area contributed by atoms with E-state index in [1.807, 2.05) is 19.2 Å². The van der Waals surface area contributed by atoms with Gasteiger partial charge in [0.1, 0.15) is 0 Å². The molecule has 0 saturated carbocycles. The van der Waals surface area contributed by atoms with Gasteiger partial charge in [0.25, 0.3) is 0 Å². The van der Waals surface area contributed by atoms with Gasteiger partial charge in [-0.25, -0.2) is 0 Å². The number of ether oxygens (including phenoxy) is 1. The van der Waals surface area contributed by atoms with E-state index in [0.29, 0.717) is 0 Å². The fraction of sp³-hybridized carbons (Fsp3) is 0.417. The SMILES string of the molecule is COCCCn1c(=S)n(C)c2ccccc21. The van der Waals surface area contributed by atoms with Gasteiger partial charge >= 0.3 is 0 Å². The number of benzene rings is 1. The lowest BCUT2D eigenvalue weighted by Gasteiger charge is -2.03. The van der Waals surface area contributed by atoms with Crippen LogP contribution in [-0.4, -0.2) is 22.9 Å². The minimum Gasteiger partial charge on any atom is -0.385 e. The number of nitrogens with zero attached hydrogens (tertiary/aromatic N) is 2. The number of fused-ring (bicyclic) bond motifs is 1. The van der Waals surface area contributed by atoms with Crippen molar-refractivity contribution in [2.45, 2.75) is 13.0 Å². The van der Waals surface area contributed by atoms with Gasteiger partial charge in [-0.15, -0.1) is 0 Å². The lowest BCUT2D eigenvalue weighted by atomic mass is 10.3. The molecule has 1 aromatic heterocycles. The Hall–Kier alpha value is -1.13. The first-order valence-corrected chi connectivity index (χ1v) is 5.79. The van der Waals surface area contributed by atoms with E-state index in [9.17, 15) is 0 Å². The van der Waals surface area contributed by atoms with Crippen LogP contribution in [0, 0.1) is 4.77 Å². The predicted molar refractivity (Wildman–Crippen MR) is 68.2 cm³/mol. The number of hydrogen-bond acceptors (Lipinski definition) is 2. The molecule has 16 heavy (non-hydrogen) atoms. The van der Waals surface area contributed by atoms with Crippen molar-refractivity contribution in [3.8, 4) is 0 Å². The molecule has 3 nitrogen and oxygen atoms in total. The molecular formula is C12H16N2OS. The summed E-state index contributed by atoms with van der Waals surface area (Å²) in [7, 11) is 3.74. The van der Waals surface area contributed by atoms with E-state index in [2.05, 4.69) is 21.3 Å². The quantitative estimate of drug-likeness (QED) is 0.600. The minimum atomic E-state index is 0.769. The predicted octanol–water partition coefficient (Wildman–Crippen LogP) is 2.75. The standard InChI is InChI=1S/C12H16N2OS/c1-13-10-6-3-4-7-11(10)14(12(13)16)8-5-9-15-2/h3-4,6-7H,5,8-9H2,1-2H3. The first kappa shape index (κ1) is 11.4. The van der Waals surface area contributed by atoms with E-state index < -0.39 is 0 Å². The summed E-state index contributed by atoms with van der Waals surface area (Å²) in [6, 6.07) is 8.29. The summed E-state index contributed by atoms with van der Waals surface area (Å²) in [5, 5.41) is 0. The van der Waals surface area contributed by atoms with Crippen molar-refractivity contribution < 1.29 is 4.74 Å². The van der Waals surface area contributed by atoms with Gasteiger partial charge < -0.3 is 13.9 Å². The molecule has 2 aromatic rings. The molecule has 0 aliphatic carbocycles. The molecule has 0 N–H and O–H groups in total. The van der Waals surface area contributed by atoms with Crippen LogP contribution in [0.15, 0.2) is 24.3 Å². The lowest BCUT2D eigenvalue weighted by Crippen LogP contribution is -2.02. The van der Waals surface area contributed by atoms with Crippen molar-refractivity contribution >= 4 is 23.3 Å². The summed E-state index contributed by atoms with van der Waals surface area (Å²) in [4.78, 5) is 0. The van der Waals surface area contributed by atoms with Gasteiger partial charge in [-0.2, -0.15) is 0 Å². The normalized spacial score (nSPS) is 11.1. The van der Waals surface area contributed by atoms with Gasteiger partial charge in [-0.3, -0.25) is 0 Å². The summed E-state index contributed by atoms with van der Waals surface area (Å²) in [6.07, 6.45) is 0.985. The molecule has 0 saturated heterocycles. The average molecular weight is 236 g/mol. The number of rotatable bonds is 4. The maximum Gasteiger partial charge on any atom is 0.180 e. The molecule has 1 aromatic carbocycles. The van der Waals surface area contributed by atoms with Crippen molar-refractivity contribution in [2.24, 2.45) is 7.05 Å². The van der Waals surface area contributed by atoms with Crippen molar-refractivity contribution in [1.29, 1.82) is 0 Å². The Balaban J connectivity index is 2.43. The van der Waals surface area contributed by atoms with Crippen molar-refractivity contribution in [2.75, 3.05) is 13.7 Å². The maximum atomic E-state index is 5.43. The van der Waals surface area contributed by atoms with Gasteiger partial charge in [0.15, 0.2) is 4.77 Å². The Morgan fingerprint density at radius 3 is 2.62 bits per heavy atom. The highest BCUT2D eigenvalue weighted by molar-refractivity contribution is 7.71. The third-order valence-corrected chi connectivity index (χ3v) is 3.28. The van der Waals surface area contributed by atoms with Crippen molar-refractivity contribution in [1.82, 2.24) is 9.13 Å². The Morgan fingerprint density at radius 1 is 1.25 bits per heavy atom. The molecule has 0 unspecified atom stereocenters. The third kappa shape index (κ3) is 1.90. The Morgan fingerprint density at radius 2 is 1.94 bits per heavy atom. The summed E-state index contributed by atoms with van der Waals surface area (Å²) < 4.78 is 10.2. The molecule has 0 aliphatic rings. The van der Waals surface area contributed by atoms with E-state index >= 15 is 0 Å². The van der Waals surface area contributed by atoms with Gasteiger partial charge in [-0.05, 0) is 30.8 Å². The Bertz CT molecular complexity index is 541. The second-order valence-electron chi connectivity index (χ2n) is 3.83. The van der Waals surface area contributed by atoms with Gasteiger partial charge in [0.05, 0.1) is 11.0 Å². The van der Waals surface area contributed by atoms with Crippen molar-refractivity contribution in [3.05, 3.63) is 29.0 Å². The number of imidazole rings is 1. The molecule has 2 rings (SSSR count). The zero-order valence-electron chi connectivity index (χ0n) is 9.64. The lowest BCUT2D eigenvalue weighted by molar-refractivity contribution is 0.190. The average Bonchev–Trinajstić information content (AvgIpc) is 2.55. The zero-order valence-corrected chi connectivity index (χ0v) is 10.5. The van der Waals surface area contributed by atoms with Crippen LogP contribution >= 0.6 is 12.2 Å². The summed E-state index contributed by atoms with van der Waals surface area (Å²) in [5.41, 5.74) is 2.39. The van der Waals surface area contributed by atoms with E-state index in [0.717, 1.165) is 24.3 Å². The highest BCUT2D eigenvalue weighted by atomic mass is 32.1. The van der Waals surface area contributed by atoms with Crippen LogP contribution in [0.4, 0.5) is 0 Å². The monoisotopic (exact) mass is 236 g/mol. The fourth-order valence-electron chi connectivity index (χ4n) is 1.95. The van der Waals surface area contributed by atoms with E-state index in [1.165, 1.54) is 11.0 Å². The molecule has 86 valence electrons. The maximum absolute atomic E-state index is 5.43. The van der Waals surface area contributed by atoms with Gasteiger partial charge in [0, 0.05) is 27.3 Å². The fourth-order valence-corrected chi connectivity index (χ4v) is 2.23. The van der Waals surface area contributed by atoms with Gasteiger partial charge in [0.2, 0.25) is 0 Å². The molecule has 4 heteroatoms. The van der Waals surface area contributed by atoms with Crippen LogP contribution in [0.1, 0.15) is 6.42 Å². The summed E-state index contributed by atoms with van der Waals surface area (Å²) in [5.74, 6) is 0. The number of methoxy groups -OCH3 is 1. The van der Waals surface area contributed by atoms with E-state index in [4.69, 9.17) is 17.0 Å². The van der Waals surface area contributed by atoms with Crippen LogP contribution < -0.4 is 0 Å². The Labute approximate surface area is 100 Å². The smallest absolute Gasteiger partial charge is 0.180 e. The van der Waals surface area contributed by atoms with Gasteiger partial charge in [-0.1, -0.05) is 12.1 Å². The Kier molecular flexibility index (Phi) is 3.41. The van der Waals surface area contributed by atoms with Crippen LogP contribution in [0.25, 0.3) is 11.0 Å². The molecule has 0 spiro atoms. The largest absolute Gasteiger partial charge is 0.385 e. The summed E-state index contributed by atoms with van der Waals surface area (Å²) >= 11 is 5.43. The minimum absolute atomic E-state index is 0.769. The van der Waals surface area contributed by atoms with Crippen LogP contribution in [0.3, 0.4) is 0 Å². The second kappa shape index (κ2) is 4.80. The second-order valence-corrected chi connectivity index (χ2v) is 4.19. The van der Waals surface area contributed by atoms with Crippen molar-refractivity contribution in [3.63, 3.8) is 0 Å². The van der Waals surface area contributed by atoms with Crippen LogP contribution in [-0.2, 0) is 18.3 Å². The number of aromatic nitrogens is 2. The van der Waals surface area contributed by atoms with E-state index in [1.54, 1.807) is 7.11 Å². The topological polar surface area (TPSA) is 19.1 Å². The molecule has 0 aliphatic heterocycles. The number of hydrogen-bond donors (Lipinski definition) is 0. The highest BCUT2D eigenvalue weighted by Gasteiger charge is 2.06. The zero-order chi connectivity index (χ0) is 11.5. The summed E-state index contributed by atoms with van der Waals surface area (Å²) in [6.45, 7) is 1.68. The van der Waals surface area contributed by atoms with Crippen LogP contribution in [0.2, 0.25) is 0 Å². The molecule has 0 fully saturated rings. The molecule has 0 radical (unpaired) electrons.